The summed E-state index contributed by atoms with van der Waals surface area (Å²) in [5, 5.41) is 7.61. The van der Waals surface area contributed by atoms with E-state index in [4.69, 9.17) is 5.73 Å². The van der Waals surface area contributed by atoms with Gasteiger partial charge in [-0.3, -0.25) is 0 Å². The van der Waals surface area contributed by atoms with Gasteiger partial charge in [0.05, 0.1) is 6.20 Å². The standard InChI is InChI=1S/C9H7BrN4/c10-7-3-1-6(2-4-7)9-12-5-8(11)13-14-9/h1-5H,(H2,11,13). The van der Waals surface area contributed by atoms with Crippen molar-refractivity contribution < 1.29 is 0 Å². The maximum Gasteiger partial charge on any atom is 0.181 e. The quantitative estimate of drug-likeness (QED) is 0.840. The molecule has 2 aromatic rings. The minimum atomic E-state index is 0.325. The molecule has 0 saturated carbocycles. The first-order valence-electron chi connectivity index (χ1n) is 3.97. The van der Waals surface area contributed by atoms with Gasteiger partial charge in [-0.25, -0.2) is 4.98 Å². The normalized spacial score (nSPS) is 10.1. The minimum Gasteiger partial charge on any atom is -0.381 e. The zero-order chi connectivity index (χ0) is 9.97. The third kappa shape index (κ3) is 1.88. The van der Waals surface area contributed by atoms with Crippen LogP contribution in [0.25, 0.3) is 11.4 Å². The first-order valence-corrected chi connectivity index (χ1v) is 4.76. The summed E-state index contributed by atoms with van der Waals surface area (Å²) < 4.78 is 1.02. The molecule has 0 amide bonds. The molecule has 0 unspecified atom stereocenters. The Balaban J connectivity index is 2.40. The molecule has 0 aliphatic rings. The number of nitrogens with zero attached hydrogens (tertiary/aromatic N) is 3. The highest BCUT2D eigenvalue weighted by Gasteiger charge is 2.00. The highest BCUT2D eigenvalue weighted by Crippen LogP contribution is 2.17. The lowest BCUT2D eigenvalue weighted by molar-refractivity contribution is 0.991. The topological polar surface area (TPSA) is 64.7 Å². The van der Waals surface area contributed by atoms with Crippen LogP contribution in [0.5, 0.6) is 0 Å². The second-order valence-corrected chi connectivity index (χ2v) is 3.63. The molecule has 0 atom stereocenters. The van der Waals surface area contributed by atoms with Crippen LogP contribution in [0, 0.1) is 0 Å². The van der Waals surface area contributed by atoms with Gasteiger partial charge in [0.15, 0.2) is 11.6 Å². The Morgan fingerprint density at radius 3 is 2.36 bits per heavy atom. The maximum absolute atomic E-state index is 5.39. The third-order valence-electron chi connectivity index (χ3n) is 1.68. The molecule has 0 aliphatic carbocycles. The summed E-state index contributed by atoms with van der Waals surface area (Å²) in [6.45, 7) is 0. The summed E-state index contributed by atoms with van der Waals surface area (Å²) in [4.78, 5) is 4.06. The number of benzene rings is 1. The van der Waals surface area contributed by atoms with Crippen molar-refractivity contribution in [3.8, 4) is 11.4 Å². The van der Waals surface area contributed by atoms with Gasteiger partial charge in [-0.05, 0) is 12.1 Å². The molecule has 5 heteroatoms. The summed E-state index contributed by atoms with van der Waals surface area (Å²) >= 11 is 3.35. The van der Waals surface area contributed by atoms with Crippen molar-refractivity contribution in [1.29, 1.82) is 0 Å². The number of rotatable bonds is 1. The van der Waals surface area contributed by atoms with Crippen LogP contribution in [0.2, 0.25) is 0 Å². The predicted molar refractivity (Wildman–Crippen MR) is 57.4 cm³/mol. The largest absolute Gasteiger partial charge is 0.381 e. The molecule has 14 heavy (non-hydrogen) atoms. The zero-order valence-electron chi connectivity index (χ0n) is 7.18. The van der Waals surface area contributed by atoms with Crippen molar-refractivity contribution in [3.63, 3.8) is 0 Å². The summed E-state index contributed by atoms with van der Waals surface area (Å²) in [6.07, 6.45) is 1.49. The lowest BCUT2D eigenvalue weighted by atomic mass is 10.2. The number of nitrogens with two attached hydrogens (primary N) is 1. The monoisotopic (exact) mass is 250 g/mol. The van der Waals surface area contributed by atoms with Crippen LogP contribution in [-0.2, 0) is 0 Å². The van der Waals surface area contributed by atoms with Gasteiger partial charge in [-0.15, -0.1) is 10.2 Å². The first-order chi connectivity index (χ1) is 6.75. The lowest BCUT2D eigenvalue weighted by Gasteiger charge is -1.98. The fourth-order valence-corrected chi connectivity index (χ4v) is 1.28. The molecule has 0 radical (unpaired) electrons. The van der Waals surface area contributed by atoms with Gasteiger partial charge >= 0.3 is 0 Å². The second-order valence-electron chi connectivity index (χ2n) is 2.71. The van der Waals surface area contributed by atoms with Crippen LogP contribution >= 0.6 is 15.9 Å². The lowest BCUT2D eigenvalue weighted by Crippen LogP contribution is -1.96. The molecule has 1 heterocycles. The highest BCUT2D eigenvalue weighted by molar-refractivity contribution is 9.10. The number of aromatic nitrogens is 3. The molecule has 0 bridgehead atoms. The molecule has 2 N–H and O–H groups in total. The molecular weight excluding hydrogens is 244 g/mol. The van der Waals surface area contributed by atoms with E-state index in [1.54, 1.807) is 0 Å². The first kappa shape index (κ1) is 9.08. The van der Waals surface area contributed by atoms with Gasteiger partial charge in [0.2, 0.25) is 0 Å². The molecule has 4 nitrogen and oxygen atoms in total. The zero-order valence-corrected chi connectivity index (χ0v) is 8.77. The number of nitrogen functional groups attached to an aromatic ring is 1. The van der Waals surface area contributed by atoms with Crippen LogP contribution in [0.3, 0.4) is 0 Å². The average Bonchev–Trinajstić information content (AvgIpc) is 2.21. The molecule has 70 valence electrons. The van der Waals surface area contributed by atoms with Crippen LogP contribution in [0.1, 0.15) is 0 Å². The Kier molecular flexibility index (Phi) is 2.41. The molecule has 1 aromatic carbocycles. The van der Waals surface area contributed by atoms with Crippen molar-refractivity contribution in [3.05, 3.63) is 34.9 Å². The maximum atomic E-state index is 5.39. The Labute approximate surface area is 89.3 Å². The molecule has 0 aliphatic heterocycles. The Bertz CT molecular complexity index is 380. The highest BCUT2D eigenvalue weighted by atomic mass is 79.9. The number of halogens is 1. The second kappa shape index (κ2) is 3.71. The van der Waals surface area contributed by atoms with Crippen molar-refractivity contribution in [1.82, 2.24) is 15.2 Å². The summed E-state index contributed by atoms with van der Waals surface area (Å²) in [6, 6.07) is 7.68. The van der Waals surface area contributed by atoms with Crippen molar-refractivity contribution in [2.45, 2.75) is 0 Å². The van der Waals surface area contributed by atoms with Gasteiger partial charge in [-0.2, -0.15) is 0 Å². The molecule has 2 rings (SSSR count). The molecule has 0 spiro atoms. The molecule has 1 aromatic heterocycles. The van der Waals surface area contributed by atoms with Crippen LogP contribution < -0.4 is 5.73 Å². The van der Waals surface area contributed by atoms with E-state index in [0.717, 1.165) is 10.0 Å². The Morgan fingerprint density at radius 2 is 1.79 bits per heavy atom. The van der Waals surface area contributed by atoms with Crippen molar-refractivity contribution in [2.24, 2.45) is 0 Å². The summed E-state index contributed by atoms with van der Waals surface area (Å²) in [5.74, 6) is 0.901. The fraction of sp³-hybridized carbons (Fsp3) is 0. The van der Waals surface area contributed by atoms with E-state index in [1.165, 1.54) is 6.20 Å². The van der Waals surface area contributed by atoms with E-state index in [-0.39, 0.29) is 0 Å². The van der Waals surface area contributed by atoms with Crippen molar-refractivity contribution in [2.75, 3.05) is 5.73 Å². The SMILES string of the molecule is Nc1cnc(-c2ccc(Br)cc2)nn1. The van der Waals surface area contributed by atoms with Gasteiger partial charge in [0, 0.05) is 10.0 Å². The van der Waals surface area contributed by atoms with Gasteiger partial charge < -0.3 is 5.73 Å². The van der Waals surface area contributed by atoms with E-state index in [0.29, 0.717) is 11.6 Å². The molecule has 0 saturated heterocycles. The number of hydrogen-bond donors (Lipinski definition) is 1. The van der Waals surface area contributed by atoms with E-state index in [1.807, 2.05) is 24.3 Å². The van der Waals surface area contributed by atoms with Gasteiger partial charge in [0.1, 0.15) is 0 Å². The van der Waals surface area contributed by atoms with Crippen LogP contribution in [0.4, 0.5) is 5.82 Å². The van der Waals surface area contributed by atoms with E-state index >= 15 is 0 Å². The minimum absolute atomic E-state index is 0.325. The molecular formula is C9H7BrN4. The predicted octanol–water partition coefficient (Wildman–Crippen LogP) is 1.88. The van der Waals surface area contributed by atoms with Crippen LogP contribution in [0.15, 0.2) is 34.9 Å². The number of hydrogen-bond acceptors (Lipinski definition) is 4. The smallest absolute Gasteiger partial charge is 0.181 e. The summed E-state index contributed by atoms with van der Waals surface area (Å²) in [7, 11) is 0. The van der Waals surface area contributed by atoms with E-state index < -0.39 is 0 Å². The number of anilines is 1. The Morgan fingerprint density at radius 1 is 1.07 bits per heavy atom. The fourth-order valence-electron chi connectivity index (χ4n) is 1.02. The van der Waals surface area contributed by atoms with E-state index in [9.17, 15) is 0 Å². The third-order valence-corrected chi connectivity index (χ3v) is 2.21. The molecule has 0 fully saturated rings. The van der Waals surface area contributed by atoms with Crippen LogP contribution in [-0.4, -0.2) is 15.2 Å². The van der Waals surface area contributed by atoms with Gasteiger partial charge in [0.25, 0.3) is 0 Å². The summed E-state index contributed by atoms with van der Waals surface area (Å²) in [5.41, 5.74) is 6.30. The average molecular weight is 251 g/mol. The van der Waals surface area contributed by atoms with Gasteiger partial charge in [-0.1, -0.05) is 28.1 Å². The Hall–Kier alpha value is -1.49. The van der Waals surface area contributed by atoms with E-state index in [2.05, 4.69) is 31.1 Å². The van der Waals surface area contributed by atoms with Crippen molar-refractivity contribution >= 4 is 21.7 Å².